The number of alkyl carbamates (subject to hydrolysis) is 1. The molecular weight excluding hydrogens is 566 g/mol. The second-order valence-electron chi connectivity index (χ2n) is 10.3. The number of hydrogen-bond acceptors (Lipinski definition) is 9. The summed E-state index contributed by atoms with van der Waals surface area (Å²) >= 11 is 0. The third kappa shape index (κ3) is 13.7. The van der Waals surface area contributed by atoms with Gasteiger partial charge in [-0.3, -0.25) is 4.79 Å². The summed E-state index contributed by atoms with van der Waals surface area (Å²) in [6, 6.07) is 16.5. The molecule has 0 fully saturated rings. The van der Waals surface area contributed by atoms with Crippen molar-refractivity contribution >= 4 is 12.1 Å². The van der Waals surface area contributed by atoms with Crippen LogP contribution in [0.15, 0.2) is 48.5 Å². The molecule has 44 heavy (non-hydrogen) atoms. The van der Waals surface area contributed by atoms with Crippen molar-refractivity contribution in [3.8, 4) is 11.1 Å². The average Bonchev–Trinajstić information content (AvgIpc) is 3.36. The summed E-state index contributed by atoms with van der Waals surface area (Å²) in [5.41, 5.74) is 4.77. The highest BCUT2D eigenvalue weighted by molar-refractivity contribution is 5.79. The maximum Gasteiger partial charge on any atom is 0.407 e. The Labute approximate surface area is 261 Å². The van der Waals surface area contributed by atoms with Crippen LogP contribution in [0.5, 0.6) is 0 Å². The predicted octanol–water partition coefficient (Wildman–Crippen LogP) is 5.12. The first-order valence-corrected chi connectivity index (χ1v) is 15.8. The van der Waals surface area contributed by atoms with Gasteiger partial charge in [-0.05, 0) is 28.7 Å². The largest absolute Gasteiger partial charge is 0.463 e. The first-order valence-electron chi connectivity index (χ1n) is 15.8. The van der Waals surface area contributed by atoms with Crippen LogP contribution < -0.4 is 5.32 Å². The van der Waals surface area contributed by atoms with Gasteiger partial charge in [-0.15, -0.1) is 0 Å². The smallest absolute Gasteiger partial charge is 0.407 e. The molecule has 2 aromatic rings. The number of nitrogens with one attached hydrogen (secondary N) is 1. The van der Waals surface area contributed by atoms with Gasteiger partial charge in [0.05, 0.1) is 66.1 Å². The van der Waals surface area contributed by atoms with Gasteiger partial charge in [0.1, 0.15) is 13.2 Å². The minimum atomic E-state index is -0.452. The summed E-state index contributed by atoms with van der Waals surface area (Å²) in [6.45, 7) is 7.43. The Hall–Kier alpha value is -3.02. The summed E-state index contributed by atoms with van der Waals surface area (Å²) in [5.74, 6) is -0.118. The van der Waals surface area contributed by atoms with E-state index in [1.54, 1.807) is 0 Å². The summed E-state index contributed by atoms with van der Waals surface area (Å²) < 4.78 is 38.0. The zero-order valence-electron chi connectivity index (χ0n) is 26.1. The maximum atomic E-state index is 12.2. The fraction of sp³-hybridized carbons (Fsp3) is 0.588. The number of carbonyl (C=O) groups excluding carboxylic acids is 2. The van der Waals surface area contributed by atoms with Crippen molar-refractivity contribution in [1.29, 1.82) is 0 Å². The summed E-state index contributed by atoms with van der Waals surface area (Å²) in [5, 5.41) is 2.74. The van der Waals surface area contributed by atoms with Crippen molar-refractivity contribution in [2.24, 2.45) is 0 Å². The third-order valence-corrected chi connectivity index (χ3v) is 7.07. The van der Waals surface area contributed by atoms with Crippen molar-refractivity contribution in [3.05, 3.63) is 59.7 Å². The van der Waals surface area contributed by atoms with Gasteiger partial charge in [-0.2, -0.15) is 0 Å². The van der Waals surface area contributed by atoms with Gasteiger partial charge in [-0.25, -0.2) is 4.79 Å². The number of ether oxygens (including phenoxy) is 7. The van der Waals surface area contributed by atoms with Crippen LogP contribution in [0.3, 0.4) is 0 Å². The number of carbonyl (C=O) groups is 2. The summed E-state index contributed by atoms with van der Waals surface area (Å²) in [6.07, 6.45) is 4.29. The van der Waals surface area contributed by atoms with E-state index < -0.39 is 6.09 Å². The van der Waals surface area contributed by atoms with Gasteiger partial charge in [0.2, 0.25) is 0 Å². The van der Waals surface area contributed by atoms with E-state index in [1.165, 1.54) is 22.3 Å². The molecule has 0 aliphatic heterocycles. The second-order valence-corrected chi connectivity index (χ2v) is 10.3. The van der Waals surface area contributed by atoms with E-state index in [0.717, 1.165) is 25.7 Å². The molecule has 0 unspecified atom stereocenters. The lowest BCUT2D eigenvalue weighted by Crippen LogP contribution is -2.29. The van der Waals surface area contributed by atoms with Gasteiger partial charge in [0.15, 0.2) is 0 Å². The Morgan fingerprint density at radius 2 is 1.11 bits per heavy atom. The average molecular weight is 616 g/mol. The molecule has 0 saturated carbocycles. The molecule has 0 aromatic heterocycles. The molecule has 0 heterocycles. The molecule has 0 atom stereocenters. The van der Waals surface area contributed by atoms with E-state index in [4.69, 9.17) is 33.2 Å². The standard InChI is InChI=1S/C34H49NO9/c1-2-3-4-5-14-33(36)43-26-25-42-24-23-41-22-21-40-20-19-39-18-17-38-16-15-35-34(37)44-27-32-30-12-8-6-10-28(30)29-11-7-9-13-31(29)32/h6-13,32H,2-5,14-27H2,1H3,(H,35,37). The van der Waals surface area contributed by atoms with Crippen LogP contribution in [0.25, 0.3) is 11.1 Å². The molecule has 1 aliphatic rings. The zero-order valence-corrected chi connectivity index (χ0v) is 26.1. The highest BCUT2D eigenvalue weighted by Crippen LogP contribution is 2.44. The van der Waals surface area contributed by atoms with Crippen LogP contribution in [-0.4, -0.2) is 97.9 Å². The number of hydrogen-bond donors (Lipinski definition) is 1. The van der Waals surface area contributed by atoms with E-state index in [2.05, 4.69) is 36.5 Å². The van der Waals surface area contributed by atoms with E-state index in [-0.39, 0.29) is 25.1 Å². The summed E-state index contributed by atoms with van der Waals surface area (Å²) in [4.78, 5) is 23.8. The molecule has 0 radical (unpaired) electrons. The fourth-order valence-electron chi connectivity index (χ4n) is 4.84. The molecular formula is C34H49NO9. The topological polar surface area (TPSA) is 111 Å². The van der Waals surface area contributed by atoms with Crippen molar-refractivity contribution in [2.75, 3.05) is 85.8 Å². The Morgan fingerprint density at radius 1 is 0.614 bits per heavy atom. The van der Waals surface area contributed by atoms with E-state index in [1.807, 2.05) is 24.3 Å². The summed E-state index contributed by atoms with van der Waals surface area (Å²) in [7, 11) is 0. The number of rotatable bonds is 25. The lowest BCUT2D eigenvalue weighted by atomic mass is 9.98. The minimum absolute atomic E-state index is 0.0395. The third-order valence-electron chi connectivity index (χ3n) is 7.07. The molecule has 1 aliphatic carbocycles. The fourth-order valence-corrected chi connectivity index (χ4v) is 4.84. The van der Waals surface area contributed by atoms with E-state index in [0.29, 0.717) is 79.0 Å². The Bertz CT molecular complexity index is 1030. The van der Waals surface area contributed by atoms with Crippen molar-refractivity contribution in [2.45, 2.75) is 44.9 Å². The van der Waals surface area contributed by atoms with Crippen LogP contribution >= 0.6 is 0 Å². The number of fused-ring (bicyclic) bond motifs is 3. The first kappa shape index (κ1) is 35.5. The molecule has 244 valence electrons. The molecule has 0 bridgehead atoms. The SMILES string of the molecule is CCCCCCC(=O)OCCOCCOCCOCCOCCOCCNC(=O)OCC1c2ccccc2-c2ccccc21. The van der Waals surface area contributed by atoms with Crippen molar-refractivity contribution in [1.82, 2.24) is 5.32 Å². The Balaban J connectivity index is 1.04. The predicted molar refractivity (Wildman–Crippen MR) is 167 cm³/mol. The molecule has 1 N–H and O–H groups in total. The minimum Gasteiger partial charge on any atom is -0.463 e. The van der Waals surface area contributed by atoms with Crippen LogP contribution in [0, 0.1) is 0 Å². The van der Waals surface area contributed by atoms with Crippen LogP contribution in [0.1, 0.15) is 56.1 Å². The van der Waals surface area contributed by atoms with Gasteiger partial charge < -0.3 is 38.5 Å². The lowest BCUT2D eigenvalue weighted by molar-refractivity contribution is -0.145. The quantitative estimate of drug-likeness (QED) is 0.120. The van der Waals surface area contributed by atoms with Gasteiger partial charge in [-0.1, -0.05) is 74.7 Å². The van der Waals surface area contributed by atoms with Crippen molar-refractivity contribution in [3.63, 3.8) is 0 Å². The van der Waals surface area contributed by atoms with Crippen LogP contribution in [0.4, 0.5) is 4.79 Å². The lowest BCUT2D eigenvalue weighted by Gasteiger charge is -2.14. The number of esters is 1. The molecule has 2 aromatic carbocycles. The Morgan fingerprint density at radius 3 is 1.66 bits per heavy atom. The van der Waals surface area contributed by atoms with E-state index in [9.17, 15) is 9.59 Å². The van der Waals surface area contributed by atoms with Crippen LogP contribution in [0.2, 0.25) is 0 Å². The van der Waals surface area contributed by atoms with Gasteiger partial charge in [0, 0.05) is 18.9 Å². The van der Waals surface area contributed by atoms with Crippen LogP contribution in [-0.2, 0) is 38.0 Å². The van der Waals surface area contributed by atoms with E-state index >= 15 is 0 Å². The second kappa shape index (κ2) is 22.5. The highest BCUT2D eigenvalue weighted by atomic mass is 16.6. The molecule has 10 heteroatoms. The zero-order chi connectivity index (χ0) is 31.1. The maximum absolute atomic E-state index is 12.2. The number of amides is 1. The molecule has 3 rings (SSSR count). The first-order chi connectivity index (χ1) is 21.7. The number of unbranched alkanes of at least 4 members (excludes halogenated alkanes) is 3. The normalized spacial score (nSPS) is 12.1. The Kier molecular flexibility index (Phi) is 18.1. The van der Waals surface area contributed by atoms with Crippen molar-refractivity contribution < 1.29 is 42.7 Å². The molecule has 0 saturated heterocycles. The highest BCUT2D eigenvalue weighted by Gasteiger charge is 2.28. The monoisotopic (exact) mass is 615 g/mol. The molecule has 1 amide bonds. The van der Waals surface area contributed by atoms with Gasteiger partial charge in [0.25, 0.3) is 0 Å². The molecule has 10 nitrogen and oxygen atoms in total. The number of benzene rings is 2. The van der Waals surface area contributed by atoms with Gasteiger partial charge >= 0.3 is 12.1 Å². The molecule has 0 spiro atoms.